The van der Waals surface area contributed by atoms with E-state index in [0.29, 0.717) is 39.0 Å². The maximum atomic E-state index is 14.0. The molecule has 1 spiro atoms. The van der Waals surface area contributed by atoms with Crippen LogP contribution in [0.5, 0.6) is 0 Å². The van der Waals surface area contributed by atoms with E-state index in [1.165, 1.54) is 12.1 Å². The number of likely N-dealkylation sites (tertiary alicyclic amines) is 1. The van der Waals surface area contributed by atoms with Gasteiger partial charge in [-0.15, -0.1) is 0 Å². The van der Waals surface area contributed by atoms with Crippen molar-refractivity contribution in [1.82, 2.24) is 15.1 Å². The first-order valence-corrected chi connectivity index (χ1v) is 13.9. The third-order valence-electron chi connectivity index (χ3n) is 8.13. The van der Waals surface area contributed by atoms with Gasteiger partial charge >= 0.3 is 0 Å². The minimum atomic E-state index is -0.816. The minimum Gasteiger partial charge on any atom is -0.350 e. The van der Waals surface area contributed by atoms with Gasteiger partial charge in [-0.3, -0.25) is 14.4 Å². The summed E-state index contributed by atoms with van der Waals surface area (Å²) in [5.41, 5.74) is 1.89. The predicted molar refractivity (Wildman–Crippen MR) is 152 cm³/mol. The number of anilines is 1. The fourth-order valence-electron chi connectivity index (χ4n) is 5.91. The number of para-hydroxylation sites is 1. The highest BCUT2D eigenvalue weighted by Gasteiger charge is 2.54. The lowest BCUT2D eigenvalue weighted by Crippen LogP contribution is -2.58. The number of carbonyl (C=O) groups excluding carboxylic acids is 3. The Kier molecular flexibility index (Phi) is 8.14. The van der Waals surface area contributed by atoms with Crippen LogP contribution in [0.3, 0.4) is 0 Å². The Morgan fingerprint density at radius 1 is 0.925 bits per heavy atom. The Bertz CT molecular complexity index is 1330. The van der Waals surface area contributed by atoms with Crippen molar-refractivity contribution in [3.8, 4) is 0 Å². The quantitative estimate of drug-likeness (QED) is 0.461. The molecule has 3 amide bonds. The number of piperidine rings is 1. The Hall–Kier alpha value is -4.20. The van der Waals surface area contributed by atoms with Crippen molar-refractivity contribution in [2.45, 2.75) is 44.2 Å². The molecule has 2 fully saturated rings. The summed E-state index contributed by atoms with van der Waals surface area (Å²) in [6, 6.07) is 25.6. The smallest absolute Gasteiger partial charge is 0.250 e. The highest BCUT2D eigenvalue weighted by atomic mass is 19.1. The Morgan fingerprint density at radius 3 is 2.17 bits per heavy atom. The van der Waals surface area contributed by atoms with Crippen molar-refractivity contribution >= 4 is 23.4 Å². The molecule has 0 saturated carbocycles. The molecule has 2 saturated heterocycles. The van der Waals surface area contributed by atoms with Crippen LogP contribution < -0.4 is 10.2 Å². The average molecular weight is 543 g/mol. The molecule has 208 valence electrons. The molecule has 40 heavy (non-hydrogen) atoms. The second-order valence-corrected chi connectivity index (χ2v) is 10.5. The van der Waals surface area contributed by atoms with Gasteiger partial charge in [0.2, 0.25) is 11.8 Å². The van der Waals surface area contributed by atoms with Gasteiger partial charge in [0.05, 0.1) is 12.6 Å². The van der Waals surface area contributed by atoms with Gasteiger partial charge in [0.25, 0.3) is 5.91 Å². The molecule has 5 rings (SSSR count). The van der Waals surface area contributed by atoms with Crippen LogP contribution in [-0.4, -0.2) is 59.4 Å². The van der Waals surface area contributed by atoms with Crippen LogP contribution in [0.25, 0.3) is 0 Å². The fourth-order valence-corrected chi connectivity index (χ4v) is 5.91. The fraction of sp³-hybridized carbons (Fsp3) is 0.344. The molecule has 7 nitrogen and oxygen atoms in total. The second kappa shape index (κ2) is 11.9. The number of nitrogens with one attached hydrogen (secondary N) is 1. The van der Waals surface area contributed by atoms with Crippen LogP contribution in [0.15, 0.2) is 84.9 Å². The number of hydrogen-bond donors (Lipinski definition) is 1. The van der Waals surface area contributed by atoms with E-state index >= 15 is 0 Å². The zero-order valence-electron chi connectivity index (χ0n) is 22.8. The first kappa shape index (κ1) is 27.4. The first-order chi connectivity index (χ1) is 19.4. The van der Waals surface area contributed by atoms with Crippen LogP contribution in [0.1, 0.15) is 43.2 Å². The van der Waals surface area contributed by atoms with Crippen LogP contribution in [0.2, 0.25) is 0 Å². The SMILES string of the molecule is CCC(C(=O)N1CCC2(CC1)C(=O)N(CC(=O)NCc1ccc(F)cc1)CN2c1ccccc1)c1ccccc1. The van der Waals surface area contributed by atoms with E-state index in [-0.39, 0.29) is 42.5 Å². The monoisotopic (exact) mass is 542 g/mol. The van der Waals surface area contributed by atoms with Gasteiger partial charge in [0, 0.05) is 25.3 Å². The molecule has 1 N–H and O–H groups in total. The van der Waals surface area contributed by atoms with Gasteiger partial charge in [-0.25, -0.2) is 4.39 Å². The highest BCUT2D eigenvalue weighted by molar-refractivity contribution is 5.96. The average Bonchev–Trinajstić information content (AvgIpc) is 3.24. The summed E-state index contributed by atoms with van der Waals surface area (Å²) in [5, 5.41) is 2.84. The number of nitrogens with zero attached hydrogens (tertiary/aromatic N) is 3. The molecule has 2 heterocycles. The van der Waals surface area contributed by atoms with E-state index in [9.17, 15) is 18.8 Å². The van der Waals surface area contributed by atoms with E-state index in [1.54, 1.807) is 17.0 Å². The number of benzene rings is 3. The second-order valence-electron chi connectivity index (χ2n) is 10.5. The van der Waals surface area contributed by atoms with Crippen LogP contribution in [-0.2, 0) is 20.9 Å². The van der Waals surface area contributed by atoms with Gasteiger partial charge in [-0.2, -0.15) is 0 Å². The summed E-state index contributed by atoms with van der Waals surface area (Å²) in [4.78, 5) is 45.9. The summed E-state index contributed by atoms with van der Waals surface area (Å²) in [6.07, 6.45) is 1.69. The van der Waals surface area contributed by atoms with E-state index < -0.39 is 5.54 Å². The molecule has 0 aromatic heterocycles. The van der Waals surface area contributed by atoms with Crippen molar-refractivity contribution in [2.75, 3.05) is 31.2 Å². The predicted octanol–water partition coefficient (Wildman–Crippen LogP) is 4.30. The van der Waals surface area contributed by atoms with Crippen molar-refractivity contribution < 1.29 is 18.8 Å². The molecule has 2 aliphatic heterocycles. The highest BCUT2D eigenvalue weighted by Crippen LogP contribution is 2.40. The zero-order valence-corrected chi connectivity index (χ0v) is 22.8. The lowest BCUT2D eigenvalue weighted by Gasteiger charge is -2.44. The molecule has 0 aliphatic carbocycles. The largest absolute Gasteiger partial charge is 0.350 e. The summed E-state index contributed by atoms with van der Waals surface area (Å²) in [7, 11) is 0. The van der Waals surface area contributed by atoms with Crippen molar-refractivity contribution in [3.63, 3.8) is 0 Å². The molecule has 3 aromatic carbocycles. The molecule has 1 atom stereocenters. The lowest BCUT2D eigenvalue weighted by molar-refractivity contribution is -0.140. The lowest BCUT2D eigenvalue weighted by atomic mass is 9.84. The summed E-state index contributed by atoms with van der Waals surface area (Å²) >= 11 is 0. The first-order valence-electron chi connectivity index (χ1n) is 13.9. The van der Waals surface area contributed by atoms with E-state index in [4.69, 9.17) is 0 Å². The number of rotatable bonds is 8. The third kappa shape index (κ3) is 5.57. The number of carbonyl (C=O) groups is 3. The normalized spacial score (nSPS) is 17.2. The van der Waals surface area contributed by atoms with Gasteiger partial charge in [0.1, 0.15) is 17.9 Å². The maximum absolute atomic E-state index is 14.0. The molecule has 0 bridgehead atoms. The van der Waals surface area contributed by atoms with Crippen LogP contribution in [0.4, 0.5) is 10.1 Å². The molecular weight excluding hydrogens is 507 g/mol. The molecule has 2 aliphatic rings. The van der Waals surface area contributed by atoms with E-state index in [2.05, 4.69) is 10.2 Å². The molecule has 1 unspecified atom stereocenters. The topological polar surface area (TPSA) is 73.0 Å². The van der Waals surface area contributed by atoms with E-state index in [1.807, 2.05) is 72.5 Å². The summed E-state index contributed by atoms with van der Waals surface area (Å²) in [6.45, 7) is 3.45. The number of hydrogen-bond acceptors (Lipinski definition) is 4. The Balaban J connectivity index is 1.29. The Morgan fingerprint density at radius 2 is 1.55 bits per heavy atom. The van der Waals surface area contributed by atoms with Crippen molar-refractivity contribution in [3.05, 3.63) is 102 Å². The van der Waals surface area contributed by atoms with Gasteiger partial charge < -0.3 is 20.0 Å². The number of halogens is 1. The van der Waals surface area contributed by atoms with E-state index in [0.717, 1.165) is 16.8 Å². The van der Waals surface area contributed by atoms with Gasteiger partial charge in [-0.1, -0.05) is 67.6 Å². The minimum absolute atomic E-state index is 0.0698. The molecule has 3 aromatic rings. The Labute approximate surface area is 234 Å². The summed E-state index contributed by atoms with van der Waals surface area (Å²) in [5.74, 6) is -0.806. The number of amides is 3. The third-order valence-corrected chi connectivity index (χ3v) is 8.13. The van der Waals surface area contributed by atoms with Crippen molar-refractivity contribution in [1.29, 1.82) is 0 Å². The molecule has 0 radical (unpaired) electrons. The molecule has 8 heteroatoms. The van der Waals surface area contributed by atoms with Crippen molar-refractivity contribution in [2.24, 2.45) is 0 Å². The van der Waals surface area contributed by atoms with Crippen LogP contribution in [0, 0.1) is 5.82 Å². The summed E-state index contributed by atoms with van der Waals surface area (Å²) < 4.78 is 13.2. The molecular formula is C32H35FN4O3. The zero-order chi connectivity index (χ0) is 28.1. The maximum Gasteiger partial charge on any atom is 0.250 e. The standard InChI is InChI=1S/C32H35FN4O3/c1-2-28(25-9-5-3-6-10-25)30(39)35-19-17-32(18-20-35)31(40)36(23-37(32)27-11-7-4-8-12-27)22-29(38)34-21-24-13-15-26(33)16-14-24/h3-16,28H,2,17-23H2,1H3,(H,34,38). The van der Waals surface area contributed by atoms with Gasteiger partial charge in [0.15, 0.2) is 0 Å². The van der Waals surface area contributed by atoms with Crippen LogP contribution >= 0.6 is 0 Å². The van der Waals surface area contributed by atoms with Gasteiger partial charge in [-0.05, 0) is 54.7 Å².